The van der Waals surface area contributed by atoms with Crippen LogP contribution in [0.1, 0.15) is 29.7 Å². The molecule has 2 aromatic carbocycles. The van der Waals surface area contributed by atoms with Gasteiger partial charge in [-0.15, -0.1) is 0 Å². The molecule has 0 aromatic heterocycles. The monoisotopic (exact) mass is 368 g/mol. The predicted octanol–water partition coefficient (Wildman–Crippen LogP) is 5.68. The maximum Gasteiger partial charge on any atom is 0.328 e. The Balaban J connectivity index is 2.24. The van der Waals surface area contributed by atoms with Crippen LogP contribution in [-0.4, -0.2) is 11.1 Å². The maximum absolute atomic E-state index is 13.6. The van der Waals surface area contributed by atoms with Crippen LogP contribution in [0.3, 0.4) is 0 Å². The summed E-state index contributed by atoms with van der Waals surface area (Å²) in [5, 5.41) is 8.94. The molecule has 0 spiro atoms. The van der Waals surface area contributed by atoms with Crippen LogP contribution in [0.4, 0.5) is 4.39 Å². The van der Waals surface area contributed by atoms with Crippen molar-refractivity contribution in [2.75, 3.05) is 0 Å². The van der Waals surface area contributed by atoms with Gasteiger partial charge in [0.05, 0.1) is 5.02 Å². The van der Waals surface area contributed by atoms with Crippen molar-refractivity contribution in [3.63, 3.8) is 0 Å². The fourth-order valence-corrected chi connectivity index (χ4v) is 2.93. The van der Waals surface area contributed by atoms with Crippen molar-refractivity contribution in [3.8, 4) is 5.75 Å². The van der Waals surface area contributed by atoms with Crippen LogP contribution >= 0.6 is 23.2 Å². The molecule has 0 unspecified atom stereocenters. The zero-order chi connectivity index (χ0) is 17.9. The van der Waals surface area contributed by atoms with E-state index in [0.717, 1.165) is 17.2 Å². The van der Waals surface area contributed by atoms with Gasteiger partial charge in [-0.25, -0.2) is 9.18 Å². The fraction of sp³-hybridized carbons (Fsp3) is 0.167. The van der Waals surface area contributed by atoms with Gasteiger partial charge >= 0.3 is 5.97 Å². The molecule has 0 radical (unpaired) electrons. The Hall–Kier alpha value is -2.04. The Morgan fingerprint density at radius 2 is 2.00 bits per heavy atom. The van der Waals surface area contributed by atoms with E-state index < -0.39 is 17.9 Å². The Kier molecular flexibility index (Phi) is 5.86. The minimum Gasteiger partial charge on any atom is -0.486 e. The second kappa shape index (κ2) is 7.69. The highest BCUT2D eigenvalue weighted by Crippen LogP contribution is 2.35. The van der Waals surface area contributed by atoms with Crippen LogP contribution in [0, 0.1) is 12.7 Å². The SMILES string of the molecule is Cc1cc(O[C@@H](C)c2c(Cl)ccc(F)c2Cl)ccc1/C=C/C(=O)O. The first-order valence-electron chi connectivity index (χ1n) is 7.11. The quantitative estimate of drug-likeness (QED) is 0.545. The van der Waals surface area contributed by atoms with E-state index in [1.165, 1.54) is 18.2 Å². The first-order chi connectivity index (χ1) is 11.3. The van der Waals surface area contributed by atoms with Gasteiger partial charge < -0.3 is 9.84 Å². The predicted molar refractivity (Wildman–Crippen MR) is 93.3 cm³/mol. The van der Waals surface area contributed by atoms with Crippen molar-refractivity contribution in [2.24, 2.45) is 0 Å². The van der Waals surface area contributed by atoms with Crippen molar-refractivity contribution >= 4 is 35.2 Å². The highest BCUT2D eigenvalue weighted by atomic mass is 35.5. The number of benzene rings is 2. The molecule has 0 aliphatic rings. The normalized spacial score (nSPS) is 12.4. The van der Waals surface area contributed by atoms with Crippen molar-refractivity contribution in [3.05, 3.63) is 69.0 Å². The van der Waals surface area contributed by atoms with E-state index in [0.29, 0.717) is 16.3 Å². The summed E-state index contributed by atoms with van der Waals surface area (Å²) in [5.74, 6) is -1.03. The second-order valence-corrected chi connectivity index (χ2v) is 5.99. The summed E-state index contributed by atoms with van der Waals surface area (Å²) in [6, 6.07) is 7.84. The van der Waals surface area contributed by atoms with E-state index in [4.69, 9.17) is 33.0 Å². The molecule has 0 aliphatic heterocycles. The number of ether oxygens (including phenoxy) is 1. The third kappa shape index (κ3) is 4.28. The molecule has 6 heteroatoms. The number of hydrogen-bond donors (Lipinski definition) is 1. The molecule has 126 valence electrons. The number of aryl methyl sites for hydroxylation is 1. The molecule has 0 heterocycles. The lowest BCUT2D eigenvalue weighted by Crippen LogP contribution is -2.06. The van der Waals surface area contributed by atoms with E-state index in [1.807, 2.05) is 6.92 Å². The number of carbonyl (C=O) groups is 1. The minimum atomic E-state index is -1.02. The summed E-state index contributed by atoms with van der Waals surface area (Å²) in [5.41, 5.74) is 1.98. The van der Waals surface area contributed by atoms with Gasteiger partial charge in [-0.05, 0) is 55.3 Å². The van der Waals surface area contributed by atoms with Crippen molar-refractivity contribution in [1.82, 2.24) is 0 Å². The Labute approximate surface area is 149 Å². The number of hydrogen-bond acceptors (Lipinski definition) is 2. The molecule has 3 nitrogen and oxygen atoms in total. The summed E-state index contributed by atoms with van der Waals surface area (Å²) in [7, 11) is 0. The second-order valence-electron chi connectivity index (χ2n) is 5.21. The smallest absolute Gasteiger partial charge is 0.328 e. The third-order valence-electron chi connectivity index (χ3n) is 3.45. The lowest BCUT2D eigenvalue weighted by atomic mass is 10.1. The van der Waals surface area contributed by atoms with Gasteiger partial charge in [0.15, 0.2) is 0 Å². The molecule has 0 aliphatic carbocycles. The van der Waals surface area contributed by atoms with Gasteiger partial charge in [-0.2, -0.15) is 0 Å². The molecule has 0 amide bonds. The summed E-state index contributed by atoms with van der Waals surface area (Å²) in [4.78, 5) is 10.6. The van der Waals surface area contributed by atoms with Gasteiger partial charge in [0.1, 0.15) is 17.7 Å². The highest BCUT2D eigenvalue weighted by Gasteiger charge is 2.18. The van der Waals surface area contributed by atoms with Crippen LogP contribution in [0.2, 0.25) is 10.0 Å². The molecule has 0 fully saturated rings. The molecule has 0 bridgehead atoms. The van der Waals surface area contributed by atoms with Crippen LogP contribution in [0.15, 0.2) is 36.4 Å². The highest BCUT2D eigenvalue weighted by molar-refractivity contribution is 6.36. The van der Waals surface area contributed by atoms with Crippen LogP contribution in [-0.2, 0) is 4.79 Å². The van der Waals surface area contributed by atoms with Gasteiger partial charge in [-0.1, -0.05) is 29.3 Å². The lowest BCUT2D eigenvalue weighted by molar-refractivity contribution is -0.131. The summed E-state index contributed by atoms with van der Waals surface area (Å²) in [6.07, 6.45) is 2.02. The molecule has 2 rings (SSSR count). The number of aliphatic carboxylic acids is 1. The summed E-state index contributed by atoms with van der Waals surface area (Å²) < 4.78 is 19.4. The molecule has 24 heavy (non-hydrogen) atoms. The molecular formula is C18H15Cl2FO3. The van der Waals surface area contributed by atoms with Crippen molar-refractivity contribution < 1.29 is 19.0 Å². The van der Waals surface area contributed by atoms with E-state index in [1.54, 1.807) is 25.1 Å². The van der Waals surface area contributed by atoms with Crippen LogP contribution in [0.25, 0.3) is 6.08 Å². The van der Waals surface area contributed by atoms with E-state index >= 15 is 0 Å². The van der Waals surface area contributed by atoms with Gasteiger partial charge in [-0.3, -0.25) is 0 Å². The molecule has 1 N–H and O–H groups in total. The maximum atomic E-state index is 13.6. The zero-order valence-electron chi connectivity index (χ0n) is 13.0. The Morgan fingerprint density at radius 3 is 2.62 bits per heavy atom. The number of carboxylic acids is 1. The lowest BCUT2D eigenvalue weighted by Gasteiger charge is -2.18. The third-order valence-corrected chi connectivity index (χ3v) is 4.16. The van der Waals surface area contributed by atoms with Crippen LogP contribution in [0.5, 0.6) is 5.75 Å². The summed E-state index contributed by atoms with van der Waals surface area (Å²) in [6.45, 7) is 3.56. The van der Waals surface area contributed by atoms with E-state index in [-0.39, 0.29) is 5.02 Å². The van der Waals surface area contributed by atoms with E-state index in [2.05, 4.69) is 0 Å². The largest absolute Gasteiger partial charge is 0.486 e. The van der Waals surface area contributed by atoms with Gasteiger partial charge in [0.2, 0.25) is 0 Å². The number of halogens is 3. The Bertz CT molecular complexity index is 803. The molecule has 0 saturated carbocycles. The fourth-order valence-electron chi connectivity index (χ4n) is 2.25. The average Bonchev–Trinajstić information content (AvgIpc) is 2.50. The topological polar surface area (TPSA) is 46.5 Å². The van der Waals surface area contributed by atoms with E-state index in [9.17, 15) is 9.18 Å². The number of carboxylic acid groups (broad SMARTS) is 1. The molecule has 0 saturated heterocycles. The minimum absolute atomic E-state index is 0.0623. The standard InChI is InChI=1S/C18H15Cl2FO3/c1-10-9-13(5-3-12(10)4-8-16(22)23)24-11(2)17-14(19)6-7-15(21)18(17)20/h3-9,11H,1-2H3,(H,22,23)/b8-4+/t11-/m0/s1. The Morgan fingerprint density at radius 1 is 1.29 bits per heavy atom. The number of rotatable bonds is 5. The van der Waals surface area contributed by atoms with Gasteiger partial charge in [0, 0.05) is 16.7 Å². The molecular weight excluding hydrogens is 354 g/mol. The first kappa shape index (κ1) is 18.3. The average molecular weight is 369 g/mol. The van der Waals surface area contributed by atoms with Crippen molar-refractivity contribution in [1.29, 1.82) is 0 Å². The first-order valence-corrected chi connectivity index (χ1v) is 7.87. The van der Waals surface area contributed by atoms with Crippen LogP contribution < -0.4 is 4.74 Å². The van der Waals surface area contributed by atoms with Crippen molar-refractivity contribution in [2.45, 2.75) is 20.0 Å². The summed E-state index contributed by atoms with van der Waals surface area (Å²) >= 11 is 12.1. The zero-order valence-corrected chi connectivity index (χ0v) is 14.5. The molecule has 2 aromatic rings. The van der Waals surface area contributed by atoms with Gasteiger partial charge in [0.25, 0.3) is 0 Å². The molecule has 1 atom stereocenters.